The van der Waals surface area contributed by atoms with Gasteiger partial charge in [0.15, 0.2) is 0 Å². The number of rotatable bonds is 3. The predicted octanol–water partition coefficient (Wildman–Crippen LogP) is 2.67. The molecule has 0 unspecified atom stereocenters. The summed E-state index contributed by atoms with van der Waals surface area (Å²) < 4.78 is 1.82. The van der Waals surface area contributed by atoms with Crippen LogP contribution in [0.25, 0.3) is 0 Å². The number of aromatic nitrogens is 2. The summed E-state index contributed by atoms with van der Waals surface area (Å²) in [7, 11) is 1.90. The van der Waals surface area contributed by atoms with Crippen LogP contribution in [0.3, 0.4) is 0 Å². The number of nitrogens with one attached hydrogen (secondary N) is 2. The average Bonchev–Trinajstić information content (AvgIpc) is 2.64. The normalized spacial score (nSPS) is 10.4. The molecule has 2 N–H and O–H groups in total. The van der Waals surface area contributed by atoms with Gasteiger partial charge in [-0.2, -0.15) is 5.10 Å². The first-order chi connectivity index (χ1) is 9.49. The van der Waals surface area contributed by atoms with Gasteiger partial charge in [-0.05, 0) is 32.4 Å². The third kappa shape index (κ3) is 2.99. The van der Waals surface area contributed by atoms with Gasteiger partial charge in [0.1, 0.15) is 0 Å². The van der Waals surface area contributed by atoms with Crippen molar-refractivity contribution < 1.29 is 4.79 Å². The summed E-state index contributed by atoms with van der Waals surface area (Å²) in [5, 5.41) is 10.0. The quantitative estimate of drug-likeness (QED) is 0.902. The first-order valence-electron chi connectivity index (χ1n) is 6.58. The van der Waals surface area contributed by atoms with Crippen molar-refractivity contribution in [3.8, 4) is 0 Å². The molecule has 106 valence electrons. The Morgan fingerprint density at radius 3 is 2.55 bits per heavy atom. The van der Waals surface area contributed by atoms with Gasteiger partial charge in [-0.3, -0.25) is 4.68 Å². The van der Waals surface area contributed by atoms with E-state index in [4.69, 9.17) is 0 Å². The lowest BCUT2D eigenvalue weighted by molar-refractivity contribution is 0.251. The van der Waals surface area contributed by atoms with E-state index in [9.17, 15) is 4.79 Å². The van der Waals surface area contributed by atoms with E-state index in [1.807, 2.05) is 56.8 Å². The molecule has 0 spiro atoms. The summed E-state index contributed by atoms with van der Waals surface area (Å²) in [4.78, 5) is 11.9. The van der Waals surface area contributed by atoms with Crippen molar-refractivity contribution in [3.05, 3.63) is 46.8 Å². The topological polar surface area (TPSA) is 59.0 Å². The van der Waals surface area contributed by atoms with Crippen molar-refractivity contribution in [2.24, 2.45) is 7.05 Å². The summed E-state index contributed by atoms with van der Waals surface area (Å²) in [6.07, 6.45) is 0. The second kappa shape index (κ2) is 5.77. The lowest BCUT2D eigenvalue weighted by Crippen LogP contribution is -2.28. The molecule has 5 heteroatoms. The summed E-state index contributed by atoms with van der Waals surface area (Å²) in [6.45, 7) is 6.38. The van der Waals surface area contributed by atoms with Gasteiger partial charge in [0.2, 0.25) is 0 Å². The van der Waals surface area contributed by atoms with E-state index in [-0.39, 0.29) is 6.03 Å². The van der Waals surface area contributed by atoms with Crippen LogP contribution in [-0.2, 0) is 13.6 Å². The molecule has 0 radical (unpaired) electrons. The number of hydrogen-bond donors (Lipinski definition) is 2. The molecule has 0 bridgehead atoms. The van der Waals surface area contributed by atoms with Crippen LogP contribution in [0.5, 0.6) is 0 Å². The largest absolute Gasteiger partial charge is 0.334 e. The second-order valence-electron chi connectivity index (χ2n) is 4.90. The number of amides is 2. The molecule has 0 atom stereocenters. The first kappa shape index (κ1) is 14.1. The van der Waals surface area contributed by atoms with Crippen LogP contribution in [0, 0.1) is 20.8 Å². The minimum absolute atomic E-state index is 0.207. The Morgan fingerprint density at radius 1 is 1.25 bits per heavy atom. The van der Waals surface area contributed by atoms with Gasteiger partial charge in [0.25, 0.3) is 0 Å². The first-order valence-corrected chi connectivity index (χ1v) is 6.58. The molecule has 2 rings (SSSR count). The Balaban J connectivity index is 1.98. The molecule has 1 aromatic carbocycles. The molecule has 0 aliphatic heterocycles. The number of carbonyl (C=O) groups is 1. The SMILES string of the molecule is Cc1ccccc1NC(=O)NCc1c(C)nn(C)c1C. The molecule has 2 amide bonds. The molecular weight excluding hydrogens is 252 g/mol. The van der Waals surface area contributed by atoms with Crippen molar-refractivity contribution in [3.63, 3.8) is 0 Å². The van der Waals surface area contributed by atoms with Gasteiger partial charge in [-0.1, -0.05) is 18.2 Å². The maximum Gasteiger partial charge on any atom is 0.319 e. The molecule has 20 heavy (non-hydrogen) atoms. The monoisotopic (exact) mass is 272 g/mol. The highest BCUT2D eigenvalue weighted by atomic mass is 16.2. The molecular formula is C15H20N4O. The number of carbonyl (C=O) groups excluding carboxylic acids is 1. The molecule has 0 fully saturated rings. The summed E-state index contributed by atoms with van der Waals surface area (Å²) >= 11 is 0. The average molecular weight is 272 g/mol. The number of nitrogens with zero attached hydrogens (tertiary/aromatic N) is 2. The molecule has 1 aromatic heterocycles. The highest BCUT2D eigenvalue weighted by Gasteiger charge is 2.10. The zero-order chi connectivity index (χ0) is 14.7. The molecule has 0 saturated heterocycles. The lowest BCUT2D eigenvalue weighted by Gasteiger charge is -2.10. The van der Waals surface area contributed by atoms with Gasteiger partial charge >= 0.3 is 6.03 Å². The number of benzene rings is 1. The van der Waals surface area contributed by atoms with Crippen LogP contribution in [0.1, 0.15) is 22.5 Å². The van der Waals surface area contributed by atoms with Crippen LogP contribution >= 0.6 is 0 Å². The van der Waals surface area contributed by atoms with Gasteiger partial charge in [-0.15, -0.1) is 0 Å². The van der Waals surface area contributed by atoms with Crippen molar-refractivity contribution in [2.45, 2.75) is 27.3 Å². The zero-order valence-electron chi connectivity index (χ0n) is 12.3. The number of anilines is 1. The zero-order valence-corrected chi connectivity index (χ0v) is 12.3. The third-order valence-corrected chi connectivity index (χ3v) is 3.48. The lowest BCUT2D eigenvalue weighted by atomic mass is 10.2. The van der Waals surface area contributed by atoms with E-state index in [0.717, 1.165) is 28.2 Å². The van der Waals surface area contributed by atoms with Gasteiger partial charge in [0, 0.05) is 30.5 Å². The highest BCUT2D eigenvalue weighted by molar-refractivity contribution is 5.89. The highest BCUT2D eigenvalue weighted by Crippen LogP contribution is 2.14. The molecule has 0 aliphatic carbocycles. The van der Waals surface area contributed by atoms with Crippen LogP contribution in [0.15, 0.2) is 24.3 Å². The maximum absolute atomic E-state index is 11.9. The van der Waals surface area contributed by atoms with Crippen LogP contribution in [0.2, 0.25) is 0 Å². The van der Waals surface area contributed by atoms with Crippen LogP contribution in [-0.4, -0.2) is 15.8 Å². The van der Waals surface area contributed by atoms with Crippen LogP contribution < -0.4 is 10.6 Å². The van der Waals surface area contributed by atoms with E-state index >= 15 is 0 Å². The summed E-state index contributed by atoms with van der Waals surface area (Å²) in [5.74, 6) is 0. The fraction of sp³-hybridized carbons (Fsp3) is 0.333. The Labute approximate surface area is 119 Å². The van der Waals surface area contributed by atoms with E-state index in [2.05, 4.69) is 15.7 Å². The van der Waals surface area contributed by atoms with Gasteiger partial charge in [-0.25, -0.2) is 4.79 Å². The Morgan fingerprint density at radius 2 is 1.95 bits per heavy atom. The standard InChI is InChI=1S/C15H20N4O/c1-10-7-5-6-8-14(10)17-15(20)16-9-13-11(2)18-19(4)12(13)3/h5-8H,9H2,1-4H3,(H2,16,17,20). The maximum atomic E-state index is 11.9. The Kier molecular flexibility index (Phi) is 4.08. The summed E-state index contributed by atoms with van der Waals surface area (Å²) in [6, 6.07) is 7.49. The molecule has 1 heterocycles. The van der Waals surface area contributed by atoms with Gasteiger partial charge in [0.05, 0.1) is 5.69 Å². The molecule has 5 nitrogen and oxygen atoms in total. The van der Waals surface area contributed by atoms with Gasteiger partial charge < -0.3 is 10.6 Å². The molecule has 0 aliphatic rings. The molecule has 2 aromatic rings. The smallest absolute Gasteiger partial charge is 0.319 e. The van der Waals surface area contributed by atoms with E-state index in [0.29, 0.717) is 6.54 Å². The number of para-hydroxylation sites is 1. The molecule has 0 saturated carbocycles. The Hall–Kier alpha value is -2.30. The number of urea groups is 1. The van der Waals surface area contributed by atoms with Crippen molar-refractivity contribution in [1.82, 2.24) is 15.1 Å². The van der Waals surface area contributed by atoms with Crippen molar-refractivity contribution in [1.29, 1.82) is 0 Å². The van der Waals surface area contributed by atoms with Crippen LogP contribution in [0.4, 0.5) is 10.5 Å². The van der Waals surface area contributed by atoms with Crippen molar-refractivity contribution in [2.75, 3.05) is 5.32 Å². The number of hydrogen-bond acceptors (Lipinski definition) is 2. The van der Waals surface area contributed by atoms with E-state index in [1.165, 1.54) is 0 Å². The third-order valence-electron chi connectivity index (χ3n) is 3.48. The predicted molar refractivity (Wildman–Crippen MR) is 79.7 cm³/mol. The van der Waals surface area contributed by atoms with E-state index < -0.39 is 0 Å². The summed E-state index contributed by atoms with van der Waals surface area (Å²) in [5.41, 5.74) is 4.94. The van der Waals surface area contributed by atoms with E-state index in [1.54, 1.807) is 0 Å². The minimum atomic E-state index is -0.207. The fourth-order valence-corrected chi connectivity index (χ4v) is 2.12. The minimum Gasteiger partial charge on any atom is -0.334 e. The Bertz CT molecular complexity index is 631. The fourth-order valence-electron chi connectivity index (χ4n) is 2.12. The number of aryl methyl sites for hydroxylation is 3. The van der Waals surface area contributed by atoms with Crippen molar-refractivity contribution >= 4 is 11.7 Å². The second-order valence-corrected chi connectivity index (χ2v) is 4.90.